The van der Waals surface area contributed by atoms with Crippen LogP contribution in [0.15, 0.2) is 24.3 Å². The van der Waals surface area contributed by atoms with Gasteiger partial charge < -0.3 is 9.84 Å². The van der Waals surface area contributed by atoms with Crippen LogP contribution >= 0.6 is 0 Å². The highest BCUT2D eigenvalue weighted by molar-refractivity contribution is 5.27. The zero-order chi connectivity index (χ0) is 13.5. The third-order valence-corrected chi connectivity index (χ3v) is 5.19. The Bertz CT molecular complexity index is 443. The molecule has 1 aliphatic carbocycles. The number of aryl methyl sites for hydroxylation is 1. The molecule has 1 spiro atoms. The predicted octanol–water partition coefficient (Wildman–Crippen LogP) is 3.55. The highest BCUT2D eigenvalue weighted by Gasteiger charge is 2.47. The van der Waals surface area contributed by atoms with E-state index in [-0.39, 0.29) is 5.60 Å². The minimum atomic E-state index is -0.736. The van der Waals surface area contributed by atoms with Gasteiger partial charge in [0.05, 0.1) is 11.2 Å². The molecule has 1 saturated heterocycles. The fraction of sp³-hybridized carbons (Fsp3) is 0.647. The van der Waals surface area contributed by atoms with Crippen molar-refractivity contribution in [1.82, 2.24) is 0 Å². The molecule has 2 nitrogen and oxygen atoms in total. The number of ether oxygens (including phenoxy) is 1. The van der Waals surface area contributed by atoms with Gasteiger partial charge in [-0.15, -0.1) is 0 Å². The highest BCUT2D eigenvalue weighted by atomic mass is 16.5. The first-order chi connectivity index (χ1) is 9.02. The fourth-order valence-electron chi connectivity index (χ4n) is 3.55. The largest absolute Gasteiger partial charge is 0.385 e. The van der Waals surface area contributed by atoms with Gasteiger partial charge in [0.25, 0.3) is 0 Å². The Morgan fingerprint density at radius 2 is 1.95 bits per heavy atom. The van der Waals surface area contributed by atoms with Gasteiger partial charge in [0.1, 0.15) is 0 Å². The van der Waals surface area contributed by atoms with Gasteiger partial charge in [0, 0.05) is 6.61 Å². The van der Waals surface area contributed by atoms with E-state index in [4.69, 9.17) is 4.74 Å². The molecule has 2 atom stereocenters. The summed E-state index contributed by atoms with van der Waals surface area (Å²) in [7, 11) is 0. The predicted molar refractivity (Wildman–Crippen MR) is 76.0 cm³/mol. The second-order valence-corrected chi connectivity index (χ2v) is 6.59. The minimum Gasteiger partial charge on any atom is -0.385 e. The normalized spacial score (nSPS) is 28.7. The molecule has 0 amide bonds. The van der Waals surface area contributed by atoms with Crippen LogP contribution in [-0.2, 0) is 10.3 Å². The third kappa shape index (κ3) is 2.32. The quantitative estimate of drug-likeness (QED) is 0.881. The molecular formula is C17H24O2. The van der Waals surface area contributed by atoms with Crippen molar-refractivity contribution in [2.24, 2.45) is 5.92 Å². The van der Waals surface area contributed by atoms with Crippen molar-refractivity contribution in [2.75, 3.05) is 6.61 Å². The van der Waals surface area contributed by atoms with Crippen LogP contribution < -0.4 is 0 Å². The molecule has 0 aromatic heterocycles. The molecule has 0 bridgehead atoms. The van der Waals surface area contributed by atoms with Crippen LogP contribution in [0.1, 0.15) is 50.2 Å². The average molecular weight is 260 g/mol. The zero-order valence-corrected chi connectivity index (χ0v) is 12.0. The van der Waals surface area contributed by atoms with E-state index in [1.807, 2.05) is 6.92 Å². The van der Waals surface area contributed by atoms with Crippen molar-refractivity contribution in [1.29, 1.82) is 0 Å². The molecular weight excluding hydrogens is 236 g/mol. The number of benzene rings is 1. The summed E-state index contributed by atoms with van der Waals surface area (Å²) in [4.78, 5) is 0. The van der Waals surface area contributed by atoms with Crippen LogP contribution in [-0.4, -0.2) is 17.3 Å². The molecule has 2 unspecified atom stereocenters. The Morgan fingerprint density at radius 3 is 2.53 bits per heavy atom. The smallest absolute Gasteiger partial charge is 0.0898 e. The molecule has 2 heteroatoms. The van der Waals surface area contributed by atoms with Crippen molar-refractivity contribution in [3.63, 3.8) is 0 Å². The van der Waals surface area contributed by atoms with Gasteiger partial charge in [0.2, 0.25) is 0 Å². The summed E-state index contributed by atoms with van der Waals surface area (Å²) >= 11 is 0. The van der Waals surface area contributed by atoms with Crippen molar-refractivity contribution in [2.45, 2.75) is 57.2 Å². The molecule has 1 heterocycles. The summed E-state index contributed by atoms with van der Waals surface area (Å²) in [6, 6.07) is 8.31. The van der Waals surface area contributed by atoms with Crippen LogP contribution in [0.2, 0.25) is 0 Å². The van der Waals surface area contributed by atoms with Gasteiger partial charge in [-0.1, -0.05) is 29.8 Å². The van der Waals surface area contributed by atoms with Crippen LogP contribution in [0.25, 0.3) is 0 Å². The van der Waals surface area contributed by atoms with Crippen molar-refractivity contribution in [3.8, 4) is 0 Å². The number of aliphatic hydroxyl groups is 1. The van der Waals surface area contributed by atoms with Gasteiger partial charge in [-0.2, -0.15) is 0 Å². The molecule has 1 aromatic carbocycles. The van der Waals surface area contributed by atoms with Gasteiger partial charge in [-0.05, 0) is 57.4 Å². The summed E-state index contributed by atoms with van der Waals surface area (Å²) in [5, 5.41) is 11.0. The van der Waals surface area contributed by atoms with Crippen molar-refractivity contribution >= 4 is 0 Å². The van der Waals surface area contributed by atoms with Gasteiger partial charge >= 0.3 is 0 Å². The molecule has 2 fully saturated rings. The lowest BCUT2D eigenvalue weighted by Crippen LogP contribution is -2.49. The first kappa shape index (κ1) is 13.1. The lowest BCUT2D eigenvalue weighted by atomic mass is 9.67. The Kier molecular flexibility index (Phi) is 3.18. The van der Waals surface area contributed by atoms with Crippen LogP contribution in [0.3, 0.4) is 0 Å². The van der Waals surface area contributed by atoms with Gasteiger partial charge in [-0.3, -0.25) is 0 Å². The monoisotopic (exact) mass is 260 g/mol. The number of rotatable bonds is 2. The van der Waals surface area contributed by atoms with Crippen LogP contribution in [0.4, 0.5) is 0 Å². The van der Waals surface area contributed by atoms with E-state index in [2.05, 4.69) is 31.2 Å². The van der Waals surface area contributed by atoms with E-state index < -0.39 is 5.60 Å². The maximum Gasteiger partial charge on any atom is 0.0898 e. The summed E-state index contributed by atoms with van der Waals surface area (Å²) < 4.78 is 5.97. The van der Waals surface area contributed by atoms with E-state index in [1.54, 1.807) is 0 Å². The van der Waals surface area contributed by atoms with Gasteiger partial charge in [0.15, 0.2) is 0 Å². The molecule has 1 N–H and O–H groups in total. The topological polar surface area (TPSA) is 29.5 Å². The average Bonchev–Trinajstić information content (AvgIpc) is 2.37. The first-order valence-corrected chi connectivity index (χ1v) is 7.45. The Balaban J connectivity index is 1.81. The highest BCUT2D eigenvalue weighted by Crippen LogP contribution is 2.48. The molecule has 1 aromatic rings. The number of hydrogen-bond acceptors (Lipinski definition) is 2. The van der Waals surface area contributed by atoms with Crippen molar-refractivity contribution in [3.05, 3.63) is 35.4 Å². The summed E-state index contributed by atoms with van der Waals surface area (Å²) in [5.41, 5.74) is 1.64. The molecule has 3 rings (SSSR count). The maximum atomic E-state index is 11.0. The molecule has 0 radical (unpaired) electrons. The molecule has 2 aliphatic rings. The first-order valence-electron chi connectivity index (χ1n) is 7.45. The van der Waals surface area contributed by atoms with Crippen molar-refractivity contribution < 1.29 is 9.84 Å². The zero-order valence-electron chi connectivity index (χ0n) is 12.0. The SMILES string of the molecule is Cc1ccc(C(C)(O)C2CCOC3(CCC3)C2)cc1. The standard InChI is InChI=1S/C17H24O2/c1-13-4-6-14(7-5-13)16(2,18)15-8-11-19-17(12-15)9-3-10-17/h4-7,15,18H,3,8-12H2,1-2H3. The lowest BCUT2D eigenvalue weighted by molar-refractivity contribution is -0.174. The number of hydrogen-bond donors (Lipinski definition) is 1. The van der Waals surface area contributed by atoms with Crippen LogP contribution in [0, 0.1) is 12.8 Å². The van der Waals surface area contributed by atoms with E-state index >= 15 is 0 Å². The van der Waals surface area contributed by atoms with Crippen LogP contribution in [0.5, 0.6) is 0 Å². The molecule has 1 saturated carbocycles. The van der Waals surface area contributed by atoms with E-state index in [0.717, 1.165) is 25.0 Å². The van der Waals surface area contributed by atoms with E-state index in [0.29, 0.717) is 5.92 Å². The summed E-state index contributed by atoms with van der Waals surface area (Å²) in [6.07, 6.45) is 5.59. The molecule has 104 valence electrons. The van der Waals surface area contributed by atoms with E-state index in [1.165, 1.54) is 24.8 Å². The minimum absolute atomic E-state index is 0.0948. The Morgan fingerprint density at radius 1 is 1.26 bits per heavy atom. The Hall–Kier alpha value is -0.860. The molecule has 19 heavy (non-hydrogen) atoms. The lowest BCUT2D eigenvalue weighted by Gasteiger charge is -2.50. The van der Waals surface area contributed by atoms with Gasteiger partial charge in [-0.25, -0.2) is 0 Å². The second-order valence-electron chi connectivity index (χ2n) is 6.59. The summed E-state index contributed by atoms with van der Waals surface area (Å²) in [6.45, 7) is 4.85. The summed E-state index contributed by atoms with van der Waals surface area (Å²) in [5.74, 6) is 0.309. The fourth-order valence-corrected chi connectivity index (χ4v) is 3.55. The maximum absolute atomic E-state index is 11.0. The van der Waals surface area contributed by atoms with E-state index in [9.17, 15) is 5.11 Å². The third-order valence-electron chi connectivity index (χ3n) is 5.19. The Labute approximate surface area is 115 Å². The molecule has 1 aliphatic heterocycles. The second kappa shape index (κ2) is 4.60.